The Morgan fingerprint density at radius 1 is 1.20 bits per heavy atom. The van der Waals surface area contributed by atoms with E-state index >= 15 is 0 Å². The third kappa shape index (κ3) is 4.38. The number of hydrogen-bond donors (Lipinski definition) is 2. The fraction of sp³-hybridized carbons (Fsp3) is 0.500. The molecular formula is C24H29N7O4. The molecule has 11 nitrogen and oxygen atoms in total. The Morgan fingerprint density at radius 2 is 2.00 bits per heavy atom. The zero-order valence-electron chi connectivity index (χ0n) is 19.6. The van der Waals surface area contributed by atoms with Crippen LogP contribution in [0.15, 0.2) is 42.5 Å². The molecule has 5 rings (SSSR count). The number of fused-ring (bicyclic) bond motifs is 2. The lowest BCUT2D eigenvalue weighted by Gasteiger charge is -2.29. The number of carbonyl (C=O) groups is 3. The summed E-state index contributed by atoms with van der Waals surface area (Å²) in [5, 5.41) is 25.5. The molecule has 3 aliphatic rings. The van der Waals surface area contributed by atoms with Crippen LogP contribution in [0.5, 0.6) is 0 Å². The van der Waals surface area contributed by atoms with Crippen molar-refractivity contribution in [2.45, 2.75) is 49.7 Å². The van der Waals surface area contributed by atoms with Gasteiger partial charge >= 0.3 is 12.0 Å². The number of carboxylic acids is 1. The van der Waals surface area contributed by atoms with Crippen molar-refractivity contribution in [2.24, 2.45) is 5.92 Å². The molecule has 0 radical (unpaired) electrons. The third-order valence-corrected chi connectivity index (χ3v) is 7.17. The van der Waals surface area contributed by atoms with Crippen LogP contribution in [0.3, 0.4) is 0 Å². The summed E-state index contributed by atoms with van der Waals surface area (Å²) in [6.45, 7) is 0.805. The second-order valence-electron chi connectivity index (χ2n) is 9.56. The number of aromatic nitrogens is 4. The van der Waals surface area contributed by atoms with E-state index in [0.29, 0.717) is 18.8 Å². The third-order valence-electron chi connectivity index (χ3n) is 7.17. The van der Waals surface area contributed by atoms with Gasteiger partial charge in [0.05, 0.1) is 6.04 Å². The van der Waals surface area contributed by atoms with Crippen molar-refractivity contribution in [1.29, 1.82) is 0 Å². The molecule has 1 aromatic heterocycles. The summed E-state index contributed by atoms with van der Waals surface area (Å²) < 4.78 is 0. The number of rotatable bonds is 3. The summed E-state index contributed by atoms with van der Waals surface area (Å²) in [6, 6.07) is 7.99. The Kier molecular flexibility index (Phi) is 6.00. The van der Waals surface area contributed by atoms with Gasteiger partial charge in [0.2, 0.25) is 11.7 Å². The Morgan fingerprint density at radius 3 is 2.77 bits per heavy atom. The predicted octanol–water partition coefficient (Wildman–Crippen LogP) is 1.71. The lowest BCUT2D eigenvalue weighted by molar-refractivity contribution is -0.144. The van der Waals surface area contributed by atoms with E-state index in [-0.39, 0.29) is 31.0 Å². The molecule has 1 saturated heterocycles. The highest BCUT2D eigenvalue weighted by molar-refractivity contribution is 5.94. The molecular weight excluding hydrogens is 450 g/mol. The Hall–Kier alpha value is -3.76. The number of nitrogens with zero attached hydrogens (tertiary/aromatic N) is 6. The van der Waals surface area contributed by atoms with Crippen LogP contribution in [-0.2, 0) is 9.59 Å². The lowest BCUT2D eigenvalue weighted by Crippen LogP contribution is -2.54. The molecule has 3 amide bonds. The van der Waals surface area contributed by atoms with E-state index < -0.39 is 23.5 Å². The molecule has 0 bridgehead atoms. The Labute approximate surface area is 202 Å². The number of carboxylic acid groups (broad SMARTS) is 1. The van der Waals surface area contributed by atoms with Crippen molar-refractivity contribution >= 4 is 17.9 Å². The molecule has 1 aromatic carbocycles. The van der Waals surface area contributed by atoms with E-state index in [9.17, 15) is 19.5 Å². The van der Waals surface area contributed by atoms with Gasteiger partial charge in [-0.3, -0.25) is 4.79 Å². The highest BCUT2D eigenvalue weighted by Gasteiger charge is 2.61. The summed E-state index contributed by atoms with van der Waals surface area (Å²) >= 11 is 0. The number of aliphatic carboxylic acids is 1. The normalized spacial score (nSPS) is 29.2. The van der Waals surface area contributed by atoms with Crippen LogP contribution in [0, 0.1) is 5.92 Å². The number of benzene rings is 1. The average Bonchev–Trinajstić information content (AvgIpc) is 3.18. The number of hydrogen-bond acceptors (Lipinski definition) is 6. The maximum absolute atomic E-state index is 13.4. The average molecular weight is 480 g/mol. The van der Waals surface area contributed by atoms with Crippen LogP contribution in [0.1, 0.15) is 38.1 Å². The second kappa shape index (κ2) is 9.12. The summed E-state index contributed by atoms with van der Waals surface area (Å²) in [6.07, 6.45) is 7.01. The van der Waals surface area contributed by atoms with Crippen molar-refractivity contribution in [1.82, 2.24) is 35.3 Å². The molecule has 11 heteroatoms. The Bertz CT molecular complexity index is 1150. The van der Waals surface area contributed by atoms with Crippen LogP contribution >= 0.6 is 0 Å². The Balaban J connectivity index is 1.41. The summed E-state index contributed by atoms with van der Waals surface area (Å²) in [4.78, 5) is 43.4. The van der Waals surface area contributed by atoms with Gasteiger partial charge in [0.25, 0.3) is 0 Å². The first-order chi connectivity index (χ1) is 16.9. The molecule has 1 aliphatic carbocycles. The number of amides is 3. The summed E-state index contributed by atoms with van der Waals surface area (Å²) in [5.41, 5.74) is -0.497. The van der Waals surface area contributed by atoms with Gasteiger partial charge < -0.3 is 20.2 Å². The molecule has 0 spiro atoms. The summed E-state index contributed by atoms with van der Waals surface area (Å²) in [5.74, 6) is -1.30. The van der Waals surface area contributed by atoms with Crippen molar-refractivity contribution in [2.75, 3.05) is 20.1 Å². The number of carbonyl (C=O) groups excluding carboxylic acids is 2. The fourth-order valence-electron chi connectivity index (χ4n) is 4.98. The molecule has 2 fully saturated rings. The number of tetrazole rings is 1. The van der Waals surface area contributed by atoms with Gasteiger partial charge in [0.15, 0.2) is 0 Å². The van der Waals surface area contributed by atoms with Crippen molar-refractivity contribution in [3.63, 3.8) is 0 Å². The molecule has 2 aliphatic heterocycles. The topological polar surface area (TPSA) is 134 Å². The van der Waals surface area contributed by atoms with Gasteiger partial charge in [-0.1, -0.05) is 42.5 Å². The van der Waals surface area contributed by atoms with Crippen LogP contribution in [0.25, 0.3) is 11.4 Å². The molecule has 4 atom stereocenters. The van der Waals surface area contributed by atoms with E-state index in [2.05, 4.69) is 20.7 Å². The quantitative estimate of drug-likeness (QED) is 0.640. The zero-order valence-corrected chi connectivity index (χ0v) is 19.6. The molecule has 184 valence electrons. The van der Waals surface area contributed by atoms with E-state index in [1.807, 2.05) is 42.5 Å². The maximum atomic E-state index is 13.4. The van der Waals surface area contributed by atoms with E-state index in [1.165, 1.54) is 9.70 Å². The monoisotopic (exact) mass is 479 g/mol. The molecule has 2 N–H and O–H groups in total. The van der Waals surface area contributed by atoms with Crippen molar-refractivity contribution < 1.29 is 19.5 Å². The lowest BCUT2D eigenvalue weighted by atomic mass is 10.1. The minimum absolute atomic E-state index is 0.231. The molecule has 4 unspecified atom stereocenters. The largest absolute Gasteiger partial charge is 0.479 e. The number of urea groups is 1. The van der Waals surface area contributed by atoms with E-state index in [1.54, 1.807) is 11.9 Å². The molecule has 1 saturated carbocycles. The van der Waals surface area contributed by atoms with Crippen LogP contribution in [-0.4, -0.2) is 84.7 Å². The first-order valence-corrected chi connectivity index (χ1v) is 12.0. The highest BCUT2D eigenvalue weighted by Crippen LogP contribution is 2.45. The van der Waals surface area contributed by atoms with Crippen LogP contribution in [0.2, 0.25) is 0 Å². The summed E-state index contributed by atoms with van der Waals surface area (Å²) in [7, 11) is 1.73. The number of allylic oxidation sites excluding steroid dienone is 1. The number of nitrogens with one attached hydrogen (secondary N) is 1. The molecule has 3 heterocycles. The molecule has 2 aromatic rings. The van der Waals surface area contributed by atoms with Crippen LogP contribution in [0.4, 0.5) is 4.79 Å². The minimum Gasteiger partial charge on any atom is -0.479 e. The van der Waals surface area contributed by atoms with Gasteiger partial charge in [0, 0.05) is 38.0 Å². The van der Waals surface area contributed by atoms with Gasteiger partial charge in [-0.25, -0.2) is 9.59 Å². The fourth-order valence-corrected chi connectivity index (χ4v) is 4.98. The van der Waals surface area contributed by atoms with Crippen molar-refractivity contribution in [3.8, 4) is 11.4 Å². The predicted molar refractivity (Wildman–Crippen MR) is 125 cm³/mol. The van der Waals surface area contributed by atoms with Crippen LogP contribution < -0.4 is 5.32 Å². The van der Waals surface area contributed by atoms with E-state index in [0.717, 1.165) is 24.8 Å². The minimum atomic E-state index is -1.32. The zero-order chi connectivity index (χ0) is 24.6. The second-order valence-corrected chi connectivity index (χ2v) is 9.56. The van der Waals surface area contributed by atoms with Gasteiger partial charge in [0.1, 0.15) is 11.6 Å². The van der Waals surface area contributed by atoms with Gasteiger partial charge in [-0.15, -0.1) is 10.2 Å². The maximum Gasteiger partial charge on any atom is 0.330 e. The smallest absolute Gasteiger partial charge is 0.330 e. The first kappa shape index (κ1) is 23.0. The highest BCUT2D eigenvalue weighted by atomic mass is 16.4. The van der Waals surface area contributed by atoms with E-state index in [4.69, 9.17) is 0 Å². The van der Waals surface area contributed by atoms with Gasteiger partial charge in [-0.2, -0.15) is 4.80 Å². The van der Waals surface area contributed by atoms with Gasteiger partial charge in [-0.05, 0) is 30.9 Å². The molecule has 35 heavy (non-hydrogen) atoms. The standard InChI is InChI=1S/C24H29N7O4/c1-29-12-8-3-2-7-11-17-14-24(17,22(33)34)25-21(32)19-13-18(15-30(19)23(29)35)31-27-20(26-28-31)16-9-5-4-6-10-16/h4-7,9-11,17-19H,2-3,8,12-15H2,1H3,(H,25,32)(H,33,34). The first-order valence-electron chi connectivity index (χ1n) is 12.0. The SMILES string of the molecule is CN1CCCCC=CC2CC2(C(=O)O)NC(=O)C2CC(n3nnc(-c4ccccc4)n3)CN2C1=O. The van der Waals surface area contributed by atoms with Crippen molar-refractivity contribution in [3.05, 3.63) is 42.5 Å².